The van der Waals surface area contributed by atoms with E-state index in [1.165, 1.54) is 10.9 Å². The molecule has 1 atom stereocenters. The summed E-state index contributed by atoms with van der Waals surface area (Å²) in [6.07, 6.45) is 2.92. The molecule has 1 unspecified atom stereocenters. The molecule has 0 radical (unpaired) electrons. The van der Waals surface area contributed by atoms with E-state index in [0.717, 1.165) is 10.9 Å². The SMILES string of the molecule is CCOC(=O)C1(C)CCCN1C(=O)CCn1cnc2ccc(Br)cc2c1=O. The summed E-state index contributed by atoms with van der Waals surface area (Å²) in [6, 6.07) is 5.32. The number of halogens is 1. The van der Waals surface area contributed by atoms with Gasteiger partial charge in [-0.15, -0.1) is 0 Å². The predicted octanol–water partition coefficient (Wildman–Crippen LogP) is 2.49. The Balaban J connectivity index is 1.76. The summed E-state index contributed by atoms with van der Waals surface area (Å²) in [5, 5.41) is 0.497. The number of likely N-dealkylation sites (tertiary alicyclic amines) is 1. The molecule has 0 N–H and O–H groups in total. The van der Waals surface area contributed by atoms with Gasteiger partial charge in [0.05, 0.1) is 23.8 Å². The molecule has 1 aromatic heterocycles. The number of nitrogens with zero attached hydrogens (tertiary/aromatic N) is 3. The van der Waals surface area contributed by atoms with Crippen LogP contribution in [0.4, 0.5) is 0 Å². The van der Waals surface area contributed by atoms with Crippen LogP contribution in [0.2, 0.25) is 0 Å². The van der Waals surface area contributed by atoms with E-state index >= 15 is 0 Å². The van der Waals surface area contributed by atoms with Crippen molar-refractivity contribution in [3.63, 3.8) is 0 Å². The Kier molecular flexibility index (Phi) is 5.64. The van der Waals surface area contributed by atoms with Gasteiger partial charge in [0.1, 0.15) is 5.54 Å². The van der Waals surface area contributed by atoms with Gasteiger partial charge in [-0.1, -0.05) is 15.9 Å². The van der Waals surface area contributed by atoms with Gasteiger partial charge in [0.15, 0.2) is 0 Å². The fourth-order valence-electron chi connectivity index (χ4n) is 3.50. The van der Waals surface area contributed by atoms with Crippen LogP contribution in [0.25, 0.3) is 10.9 Å². The van der Waals surface area contributed by atoms with Crippen molar-refractivity contribution in [1.82, 2.24) is 14.5 Å². The largest absolute Gasteiger partial charge is 0.464 e. The Morgan fingerprint density at radius 1 is 1.37 bits per heavy atom. The number of carbonyl (C=O) groups is 2. The Morgan fingerprint density at radius 2 is 2.15 bits per heavy atom. The van der Waals surface area contributed by atoms with Gasteiger partial charge in [0.25, 0.3) is 5.56 Å². The number of fused-ring (bicyclic) bond motifs is 1. The van der Waals surface area contributed by atoms with Crippen molar-refractivity contribution in [2.45, 2.75) is 45.2 Å². The third-order valence-corrected chi connectivity index (χ3v) is 5.50. The minimum atomic E-state index is -0.926. The summed E-state index contributed by atoms with van der Waals surface area (Å²) in [5.41, 5.74) is -0.506. The molecular weight excluding hydrogens is 414 g/mol. The average molecular weight is 436 g/mol. The molecule has 2 aromatic rings. The van der Waals surface area contributed by atoms with Crippen LogP contribution < -0.4 is 5.56 Å². The van der Waals surface area contributed by atoms with Gasteiger partial charge in [-0.05, 0) is 44.9 Å². The number of esters is 1. The van der Waals surface area contributed by atoms with Crippen molar-refractivity contribution < 1.29 is 14.3 Å². The topological polar surface area (TPSA) is 81.5 Å². The van der Waals surface area contributed by atoms with Gasteiger partial charge in [0.2, 0.25) is 5.91 Å². The van der Waals surface area contributed by atoms with E-state index < -0.39 is 5.54 Å². The number of carbonyl (C=O) groups excluding carboxylic acids is 2. The van der Waals surface area contributed by atoms with Gasteiger partial charge in [-0.3, -0.25) is 14.2 Å². The number of ether oxygens (including phenoxy) is 1. The zero-order valence-electron chi connectivity index (χ0n) is 15.4. The average Bonchev–Trinajstić information content (AvgIpc) is 3.05. The van der Waals surface area contributed by atoms with Crippen LogP contribution in [0.15, 0.2) is 33.8 Å². The third-order valence-electron chi connectivity index (χ3n) is 5.01. The number of aryl methyl sites for hydroxylation is 1. The first-order valence-corrected chi connectivity index (χ1v) is 9.78. The minimum Gasteiger partial charge on any atom is -0.464 e. The Hall–Kier alpha value is -2.22. The van der Waals surface area contributed by atoms with Crippen LogP contribution >= 0.6 is 15.9 Å². The summed E-state index contributed by atoms with van der Waals surface area (Å²) in [4.78, 5) is 43.6. The Morgan fingerprint density at radius 3 is 2.89 bits per heavy atom. The minimum absolute atomic E-state index is 0.121. The van der Waals surface area contributed by atoms with Crippen LogP contribution in [-0.4, -0.2) is 45.0 Å². The summed E-state index contributed by atoms with van der Waals surface area (Å²) in [7, 11) is 0. The first kappa shape index (κ1) is 19.5. The molecule has 1 aromatic carbocycles. The second-order valence-corrected chi connectivity index (χ2v) is 7.71. The Labute approximate surface area is 165 Å². The molecule has 7 nitrogen and oxygen atoms in total. The summed E-state index contributed by atoms with van der Waals surface area (Å²) < 4.78 is 7.38. The molecule has 2 heterocycles. The lowest BCUT2D eigenvalue weighted by molar-refractivity contribution is -0.160. The molecule has 1 aliphatic heterocycles. The number of hydrogen-bond acceptors (Lipinski definition) is 5. The van der Waals surface area contributed by atoms with E-state index in [1.807, 2.05) is 6.07 Å². The Bertz CT molecular complexity index is 942. The molecule has 1 amide bonds. The maximum absolute atomic E-state index is 12.7. The number of benzene rings is 1. The molecule has 1 aliphatic rings. The van der Waals surface area contributed by atoms with E-state index in [4.69, 9.17) is 4.74 Å². The molecule has 8 heteroatoms. The monoisotopic (exact) mass is 435 g/mol. The van der Waals surface area contributed by atoms with Crippen molar-refractivity contribution in [1.29, 1.82) is 0 Å². The van der Waals surface area contributed by atoms with Crippen molar-refractivity contribution in [2.75, 3.05) is 13.2 Å². The molecular formula is C19H22BrN3O4. The quantitative estimate of drug-likeness (QED) is 0.673. The smallest absolute Gasteiger partial charge is 0.331 e. The highest BCUT2D eigenvalue weighted by molar-refractivity contribution is 9.10. The summed E-state index contributed by atoms with van der Waals surface area (Å²) in [5.74, 6) is -0.533. The van der Waals surface area contributed by atoms with E-state index in [0.29, 0.717) is 23.9 Å². The number of hydrogen-bond donors (Lipinski definition) is 0. The highest BCUT2D eigenvalue weighted by Crippen LogP contribution is 2.31. The highest BCUT2D eigenvalue weighted by atomic mass is 79.9. The molecule has 144 valence electrons. The van der Waals surface area contributed by atoms with Crippen LogP contribution in [0.5, 0.6) is 0 Å². The first-order valence-electron chi connectivity index (χ1n) is 8.99. The van der Waals surface area contributed by atoms with E-state index in [2.05, 4.69) is 20.9 Å². The first-order chi connectivity index (χ1) is 12.9. The maximum atomic E-state index is 12.7. The summed E-state index contributed by atoms with van der Waals surface area (Å²) in [6.45, 7) is 4.51. The normalized spacial score (nSPS) is 19.4. The van der Waals surface area contributed by atoms with Gasteiger partial charge >= 0.3 is 5.97 Å². The molecule has 1 fully saturated rings. The number of amides is 1. The van der Waals surface area contributed by atoms with Crippen LogP contribution in [0.3, 0.4) is 0 Å². The fraction of sp³-hybridized carbons (Fsp3) is 0.474. The van der Waals surface area contributed by atoms with Crippen molar-refractivity contribution in [2.24, 2.45) is 0 Å². The molecule has 0 saturated carbocycles. The van der Waals surface area contributed by atoms with Crippen LogP contribution in [-0.2, 0) is 20.9 Å². The molecule has 0 bridgehead atoms. The van der Waals surface area contributed by atoms with Crippen LogP contribution in [0, 0.1) is 0 Å². The zero-order valence-corrected chi connectivity index (χ0v) is 17.0. The number of rotatable bonds is 5. The van der Waals surface area contributed by atoms with Crippen molar-refractivity contribution in [3.05, 3.63) is 39.4 Å². The van der Waals surface area contributed by atoms with Crippen LogP contribution in [0.1, 0.15) is 33.1 Å². The molecule has 0 aliphatic carbocycles. The van der Waals surface area contributed by atoms with E-state index in [1.54, 1.807) is 30.9 Å². The lowest BCUT2D eigenvalue weighted by Crippen LogP contribution is -2.51. The van der Waals surface area contributed by atoms with Gasteiger partial charge in [-0.2, -0.15) is 0 Å². The lowest BCUT2D eigenvalue weighted by Gasteiger charge is -2.33. The third kappa shape index (κ3) is 3.76. The second-order valence-electron chi connectivity index (χ2n) is 6.80. The molecule has 3 rings (SSSR count). The van der Waals surface area contributed by atoms with Gasteiger partial charge in [-0.25, -0.2) is 9.78 Å². The highest BCUT2D eigenvalue weighted by Gasteiger charge is 2.46. The maximum Gasteiger partial charge on any atom is 0.331 e. The van der Waals surface area contributed by atoms with E-state index in [-0.39, 0.29) is 37.0 Å². The molecule has 1 saturated heterocycles. The van der Waals surface area contributed by atoms with Gasteiger partial charge in [0, 0.05) is 24.0 Å². The lowest BCUT2D eigenvalue weighted by atomic mass is 9.99. The standard InChI is InChI=1S/C19H22BrN3O4/c1-3-27-18(26)19(2)8-4-9-23(19)16(24)7-10-22-12-21-15-6-5-13(20)11-14(15)17(22)25/h5-6,11-12H,3-4,7-10H2,1-2H3. The summed E-state index contributed by atoms with van der Waals surface area (Å²) >= 11 is 3.36. The van der Waals surface area contributed by atoms with Gasteiger partial charge < -0.3 is 9.64 Å². The fourth-order valence-corrected chi connectivity index (χ4v) is 3.86. The second kappa shape index (κ2) is 7.80. The molecule has 0 spiro atoms. The molecule has 27 heavy (non-hydrogen) atoms. The number of aromatic nitrogens is 2. The van der Waals surface area contributed by atoms with Crippen molar-refractivity contribution in [3.8, 4) is 0 Å². The predicted molar refractivity (Wildman–Crippen MR) is 104 cm³/mol. The zero-order chi connectivity index (χ0) is 19.6. The van der Waals surface area contributed by atoms with E-state index in [9.17, 15) is 14.4 Å². The van der Waals surface area contributed by atoms with Crippen molar-refractivity contribution >= 4 is 38.7 Å².